The van der Waals surface area contributed by atoms with E-state index in [4.69, 9.17) is 9.47 Å². The van der Waals surface area contributed by atoms with Crippen LogP contribution in [0.3, 0.4) is 0 Å². The van der Waals surface area contributed by atoms with Gasteiger partial charge in [-0.2, -0.15) is 0 Å². The Balaban J connectivity index is 2.41. The number of hydrogen-bond acceptors (Lipinski definition) is 3. The largest absolute Gasteiger partial charge is 0.379 e. The highest BCUT2D eigenvalue weighted by Crippen LogP contribution is 2.12. The smallest absolute Gasteiger partial charge is 0.0960 e. The summed E-state index contributed by atoms with van der Waals surface area (Å²) in [5, 5.41) is 0. The molecule has 1 rings (SSSR count). The van der Waals surface area contributed by atoms with Crippen molar-refractivity contribution in [3.8, 4) is 0 Å². The van der Waals surface area contributed by atoms with Crippen LogP contribution in [0.2, 0.25) is 0 Å². The van der Waals surface area contributed by atoms with E-state index in [-0.39, 0.29) is 12.2 Å². The van der Waals surface area contributed by atoms with Gasteiger partial charge in [-0.25, -0.2) is 0 Å². The molecule has 1 saturated heterocycles. The Kier molecular flexibility index (Phi) is 4.16. The van der Waals surface area contributed by atoms with E-state index in [9.17, 15) is 0 Å². The quantitative estimate of drug-likeness (QED) is 0.661. The molecule has 1 heterocycles. The van der Waals surface area contributed by atoms with Gasteiger partial charge >= 0.3 is 0 Å². The monoisotopic (exact) mass is 187 g/mol. The zero-order valence-electron chi connectivity index (χ0n) is 9.12. The van der Waals surface area contributed by atoms with Crippen molar-refractivity contribution in [2.24, 2.45) is 0 Å². The molecule has 78 valence electrons. The molecule has 0 aromatic carbocycles. The van der Waals surface area contributed by atoms with Gasteiger partial charge in [0.15, 0.2) is 0 Å². The highest BCUT2D eigenvalue weighted by atomic mass is 16.5. The van der Waals surface area contributed by atoms with E-state index >= 15 is 0 Å². The molecule has 13 heavy (non-hydrogen) atoms. The van der Waals surface area contributed by atoms with E-state index in [0.29, 0.717) is 6.04 Å². The number of nitrogens with zero attached hydrogens (tertiary/aromatic N) is 1. The molecule has 0 saturated carbocycles. The molecule has 0 spiro atoms. The molecule has 0 bridgehead atoms. The van der Waals surface area contributed by atoms with Crippen molar-refractivity contribution in [2.45, 2.75) is 39.0 Å². The fourth-order valence-electron chi connectivity index (χ4n) is 1.60. The number of rotatable bonds is 3. The molecule has 3 nitrogen and oxygen atoms in total. The van der Waals surface area contributed by atoms with Crippen LogP contribution >= 0.6 is 0 Å². The molecule has 2 atom stereocenters. The number of morpholine rings is 1. The summed E-state index contributed by atoms with van der Waals surface area (Å²) in [6.07, 6.45) is 0.433. The van der Waals surface area contributed by atoms with E-state index in [1.807, 2.05) is 0 Å². The van der Waals surface area contributed by atoms with Gasteiger partial charge in [0, 0.05) is 26.2 Å². The molecule has 3 heteroatoms. The molecular formula is C10H21NO2. The fourth-order valence-corrected chi connectivity index (χ4v) is 1.60. The molecule has 0 N–H and O–H groups in total. The minimum atomic E-state index is 0.196. The van der Waals surface area contributed by atoms with Gasteiger partial charge in [0.05, 0.1) is 18.8 Å². The third-order valence-electron chi connectivity index (χ3n) is 2.75. The van der Waals surface area contributed by atoms with Crippen LogP contribution in [-0.2, 0) is 9.47 Å². The minimum absolute atomic E-state index is 0.196. The average molecular weight is 187 g/mol. The second-order valence-electron chi connectivity index (χ2n) is 3.94. The lowest BCUT2D eigenvalue weighted by Crippen LogP contribution is -2.49. The van der Waals surface area contributed by atoms with Crippen LogP contribution in [0, 0.1) is 0 Å². The molecule has 0 aliphatic carbocycles. The van der Waals surface area contributed by atoms with E-state index in [2.05, 4.69) is 25.7 Å². The first-order chi connectivity index (χ1) is 6.15. The van der Waals surface area contributed by atoms with Gasteiger partial charge in [-0.05, 0) is 20.8 Å². The summed E-state index contributed by atoms with van der Waals surface area (Å²) in [5.74, 6) is 0. The predicted octanol–water partition coefficient (Wildman–Crippen LogP) is 1.13. The maximum absolute atomic E-state index is 5.64. The van der Waals surface area contributed by atoms with Crippen LogP contribution in [0.5, 0.6) is 0 Å². The van der Waals surface area contributed by atoms with Crippen LogP contribution in [0.15, 0.2) is 0 Å². The van der Waals surface area contributed by atoms with E-state index in [0.717, 1.165) is 19.7 Å². The van der Waals surface area contributed by atoms with Gasteiger partial charge < -0.3 is 9.47 Å². The summed E-state index contributed by atoms with van der Waals surface area (Å²) < 4.78 is 10.9. The molecule has 0 radical (unpaired) electrons. The van der Waals surface area contributed by atoms with Crippen LogP contribution < -0.4 is 0 Å². The number of ether oxygens (including phenoxy) is 2. The van der Waals surface area contributed by atoms with E-state index in [1.165, 1.54) is 0 Å². The second-order valence-corrected chi connectivity index (χ2v) is 3.94. The van der Waals surface area contributed by atoms with Crippen molar-refractivity contribution in [3.63, 3.8) is 0 Å². The SMILES string of the molecule is CO[C@H](C)[C@@H]1CN(C(C)C)CCO1. The first-order valence-corrected chi connectivity index (χ1v) is 5.03. The van der Waals surface area contributed by atoms with Gasteiger partial charge in [-0.15, -0.1) is 0 Å². The summed E-state index contributed by atoms with van der Waals surface area (Å²) >= 11 is 0. The predicted molar refractivity (Wildman–Crippen MR) is 52.9 cm³/mol. The zero-order chi connectivity index (χ0) is 9.84. The molecule has 1 aliphatic rings. The van der Waals surface area contributed by atoms with Crippen LogP contribution in [-0.4, -0.2) is 50.0 Å². The highest BCUT2D eigenvalue weighted by molar-refractivity contribution is 4.77. The molecule has 0 unspecified atom stereocenters. The maximum atomic E-state index is 5.64. The first-order valence-electron chi connectivity index (χ1n) is 5.03. The normalized spacial score (nSPS) is 27.9. The van der Waals surface area contributed by atoms with Gasteiger partial charge in [-0.3, -0.25) is 4.90 Å². The summed E-state index contributed by atoms with van der Waals surface area (Å²) in [7, 11) is 1.74. The van der Waals surface area contributed by atoms with E-state index < -0.39 is 0 Å². The number of hydrogen-bond donors (Lipinski definition) is 0. The van der Waals surface area contributed by atoms with Crippen molar-refractivity contribution >= 4 is 0 Å². The molecule has 0 amide bonds. The lowest BCUT2D eigenvalue weighted by atomic mass is 10.1. The van der Waals surface area contributed by atoms with Crippen molar-refractivity contribution < 1.29 is 9.47 Å². The Labute approximate surface area is 81.0 Å². The van der Waals surface area contributed by atoms with Gasteiger partial charge in [0.1, 0.15) is 0 Å². The van der Waals surface area contributed by atoms with E-state index in [1.54, 1.807) is 7.11 Å². The highest BCUT2D eigenvalue weighted by Gasteiger charge is 2.26. The molecule has 0 aromatic heterocycles. The zero-order valence-corrected chi connectivity index (χ0v) is 9.12. The average Bonchev–Trinajstić information content (AvgIpc) is 2.17. The maximum Gasteiger partial charge on any atom is 0.0960 e. The van der Waals surface area contributed by atoms with Gasteiger partial charge in [0.25, 0.3) is 0 Å². The first kappa shape index (κ1) is 11.0. The van der Waals surface area contributed by atoms with Crippen molar-refractivity contribution in [3.05, 3.63) is 0 Å². The second kappa shape index (κ2) is 4.94. The van der Waals surface area contributed by atoms with Crippen molar-refractivity contribution in [1.29, 1.82) is 0 Å². The Bertz CT molecular complexity index is 150. The van der Waals surface area contributed by atoms with Gasteiger partial charge in [0.2, 0.25) is 0 Å². The molecule has 0 aromatic rings. The summed E-state index contributed by atoms with van der Waals surface area (Å²) in [5.41, 5.74) is 0. The van der Waals surface area contributed by atoms with Crippen LogP contribution in [0.4, 0.5) is 0 Å². The molecule has 1 fully saturated rings. The van der Waals surface area contributed by atoms with Crippen LogP contribution in [0.1, 0.15) is 20.8 Å². The molecular weight excluding hydrogens is 166 g/mol. The van der Waals surface area contributed by atoms with Crippen molar-refractivity contribution in [2.75, 3.05) is 26.8 Å². The minimum Gasteiger partial charge on any atom is -0.379 e. The summed E-state index contributed by atoms with van der Waals surface area (Å²) in [4.78, 5) is 2.43. The Hall–Kier alpha value is -0.120. The van der Waals surface area contributed by atoms with Crippen molar-refractivity contribution in [1.82, 2.24) is 4.90 Å². The third kappa shape index (κ3) is 2.93. The fraction of sp³-hybridized carbons (Fsp3) is 1.00. The lowest BCUT2D eigenvalue weighted by molar-refractivity contribution is -0.0998. The topological polar surface area (TPSA) is 21.7 Å². The Morgan fingerprint density at radius 3 is 2.62 bits per heavy atom. The standard InChI is InChI=1S/C10H21NO2/c1-8(2)11-5-6-13-10(7-11)9(3)12-4/h8-10H,5-7H2,1-4H3/t9-,10+/m1/s1. The molecule has 1 aliphatic heterocycles. The Morgan fingerprint density at radius 2 is 2.08 bits per heavy atom. The van der Waals surface area contributed by atoms with Gasteiger partial charge in [-0.1, -0.05) is 0 Å². The third-order valence-corrected chi connectivity index (χ3v) is 2.75. The van der Waals surface area contributed by atoms with Crippen LogP contribution in [0.25, 0.3) is 0 Å². The Morgan fingerprint density at radius 1 is 1.38 bits per heavy atom. The summed E-state index contributed by atoms with van der Waals surface area (Å²) in [6.45, 7) is 9.38. The summed E-state index contributed by atoms with van der Waals surface area (Å²) in [6, 6.07) is 0.607. The number of methoxy groups -OCH3 is 1. The lowest BCUT2D eigenvalue weighted by Gasteiger charge is -2.37.